The highest BCUT2D eigenvalue weighted by Gasteiger charge is 2.53. The number of nitrogens with zero attached hydrogens (tertiary/aromatic N) is 2. The van der Waals surface area contributed by atoms with Crippen molar-refractivity contribution in [3.05, 3.63) is 35.4 Å². The van der Waals surface area contributed by atoms with Crippen LogP contribution in [0, 0.1) is 11.8 Å². The smallest absolute Gasteiger partial charge is 0.0520 e. The van der Waals surface area contributed by atoms with E-state index in [0.29, 0.717) is 5.54 Å². The predicted molar refractivity (Wildman–Crippen MR) is 112 cm³/mol. The summed E-state index contributed by atoms with van der Waals surface area (Å²) in [5.41, 5.74) is 3.55. The lowest BCUT2D eigenvalue weighted by Gasteiger charge is -2.48. The van der Waals surface area contributed by atoms with Crippen molar-refractivity contribution >= 4 is 0 Å². The number of unbranched alkanes of at least 4 members (excludes halogenated alkanes) is 1. The van der Waals surface area contributed by atoms with Gasteiger partial charge in [-0.3, -0.25) is 4.90 Å². The van der Waals surface area contributed by atoms with E-state index in [0.717, 1.165) is 18.4 Å². The fourth-order valence-corrected chi connectivity index (χ4v) is 6.07. The lowest BCUT2D eigenvalue weighted by molar-refractivity contribution is 0.000294. The molecule has 1 saturated carbocycles. The number of fused-ring (bicyclic) bond motifs is 1. The van der Waals surface area contributed by atoms with Crippen molar-refractivity contribution in [2.75, 3.05) is 27.2 Å². The molecule has 0 amide bonds. The van der Waals surface area contributed by atoms with Crippen LogP contribution in [0.25, 0.3) is 0 Å². The zero-order valence-electron chi connectivity index (χ0n) is 17.6. The molecule has 1 fully saturated rings. The number of benzene rings is 1. The molecule has 1 aliphatic carbocycles. The van der Waals surface area contributed by atoms with Gasteiger partial charge in [0.1, 0.15) is 0 Å². The molecule has 1 aromatic rings. The lowest BCUT2D eigenvalue weighted by atomic mass is 9.66. The summed E-state index contributed by atoms with van der Waals surface area (Å²) in [6.45, 7) is 8.25. The van der Waals surface area contributed by atoms with E-state index < -0.39 is 0 Å². The van der Waals surface area contributed by atoms with E-state index in [1.54, 1.807) is 11.1 Å². The topological polar surface area (TPSA) is 6.48 Å². The van der Waals surface area contributed by atoms with Crippen molar-refractivity contribution in [3.8, 4) is 0 Å². The molecule has 2 aliphatic rings. The maximum atomic E-state index is 2.75. The fraction of sp³-hybridized carbons (Fsp3) is 0.750. The molecule has 2 unspecified atom stereocenters. The van der Waals surface area contributed by atoms with Crippen LogP contribution < -0.4 is 0 Å². The first-order chi connectivity index (χ1) is 12.6. The Labute approximate surface area is 162 Å². The lowest BCUT2D eigenvalue weighted by Crippen LogP contribution is -2.50. The van der Waals surface area contributed by atoms with Crippen LogP contribution in [0.5, 0.6) is 0 Å². The Balaban J connectivity index is 1.83. The van der Waals surface area contributed by atoms with Gasteiger partial charge >= 0.3 is 0 Å². The van der Waals surface area contributed by atoms with Gasteiger partial charge in [0.15, 0.2) is 0 Å². The van der Waals surface area contributed by atoms with Gasteiger partial charge in [-0.25, -0.2) is 0 Å². The van der Waals surface area contributed by atoms with Gasteiger partial charge in [0, 0.05) is 6.54 Å². The molecular weight excluding hydrogens is 316 g/mol. The first-order valence-electron chi connectivity index (χ1n) is 11.1. The first kappa shape index (κ1) is 19.9. The second-order valence-electron chi connectivity index (χ2n) is 8.82. The standard InChI is InChI=1S/C24H40N2/c1-5-21(14-11-12-18-25(3)6-2)24(22-15-8-9-16-22)23-17-10-7-13-20(23)19-26(24)4/h7,10,13,17,21-22H,5-6,8-9,11-12,14-16,18-19H2,1-4H3. The highest BCUT2D eigenvalue weighted by molar-refractivity contribution is 5.40. The summed E-state index contributed by atoms with van der Waals surface area (Å²) in [5.74, 6) is 1.63. The van der Waals surface area contributed by atoms with Gasteiger partial charge in [-0.1, -0.05) is 63.8 Å². The van der Waals surface area contributed by atoms with Crippen molar-refractivity contribution in [2.24, 2.45) is 11.8 Å². The summed E-state index contributed by atoms with van der Waals surface area (Å²) >= 11 is 0. The number of hydrogen-bond donors (Lipinski definition) is 0. The fourth-order valence-electron chi connectivity index (χ4n) is 6.07. The Hall–Kier alpha value is -0.860. The van der Waals surface area contributed by atoms with Crippen molar-refractivity contribution < 1.29 is 0 Å². The zero-order chi connectivity index (χ0) is 18.6. The summed E-state index contributed by atoms with van der Waals surface area (Å²) in [5, 5.41) is 0. The molecule has 0 bridgehead atoms. The Bertz CT molecular complexity index is 563. The van der Waals surface area contributed by atoms with Gasteiger partial charge < -0.3 is 4.90 Å². The minimum Gasteiger partial charge on any atom is -0.307 e. The van der Waals surface area contributed by atoms with E-state index in [-0.39, 0.29) is 0 Å². The largest absolute Gasteiger partial charge is 0.307 e. The maximum absolute atomic E-state index is 2.75. The Kier molecular flexibility index (Phi) is 6.80. The van der Waals surface area contributed by atoms with E-state index in [4.69, 9.17) is 0 Å². The normalized spacial score (nSPS) is 25.1. The highest BCUT2D eigenvalue weighted by atomic mass is 15.2. The van der Waals surface area contributed by atoms with Gasteiger partial charge in [-0.2, -0.15) is 0 Å². The Morgan fingerprint density at radius 2 is 1.88 bits per heavy atom. The second-order valence-corrected chi connectivity index (χ2v) is 8.82. The molecule has 2 nitrogen and oxygen atoms in total. The quantitative estimate of drug-likeness (QED) is 0.526. The minimum absolute atomic E-state index is 0.290. The molecule has 0 radical (unpaired) electrons. The third kappa shape index (κ3) is 3.60. The molecule has 1 aliphatic heterocycles. The van der Waals surface area contributed by atoms with E-state index in [1.165, 1.54) is 64.5 Å². The monoisotopic (exact) mass is 356 g/mol. The van der Waals surface area contributed by atoms with Gasteiger partial charge in [0.05, 0.1) is 5.54 Å². The molecular formula is C24H40N2. The average molecular weight is 357 g/mol. The van der Waals surface area contributed by atoms with Crippen LogP contribution in [-0.4, -0.2) is 37.0 Å². The van der Waals surface area contributed by atoms with Crippen molar-refractivity contribution in [2.45, 2.75) is 77.3 Å². The molecule has 1 aromatic carbocycles. The van der Waals surface area contributed by atoms with E-state index in [1.807, 2.05) is 0 Å². The van der Waals surface area contributed by atoms with E-state index in [9.17, 15) is 0 Å². The van der Waals surface area contributed by atoms with Gasteiger partial charge in [-0.15, -0.1) is 0 Å². The van der Waals surface area contributed by atoms with Crippen LogP contribution in [0.1, 0.15) is 76.3 Å². The van der Waals surface area contributed by atoms with Crippen LogP contribution in [0.4, 0.5) is 0 Å². The molecule has 146 valence electrons. The average Bonchev–Trinajstić information content (AvgIpc) is 3.28. The number of rotatable bonds is 9. The Morgan fingerprint density at radius 1 is 1.15 bits per heavy atom. The second kappa shape index (κ2) is 8.89. The van der Waals surface area contributed by atoms with Gasteiger partial charge in [0.2, 0.25) is 0 Å². The summed E-state index contributed by atoms with van der Waals surface area (Å²) in [6.07, 6.45) is 11.1. The van der Waals surface area contributed by atoms with E-state index in [2.05, 4.69) is 62.0 Å². The van der Waals surface area contributed by atoms with Crippen molar-refractivity contribution in [1.82, 2.24) is 9.80 Å². The van der Waals surface area contributed by atoms with Crippen molar-refractivity contribution in [3.63, 3.8) is 0 Å². The molecule has 26 heavy (non-hydrogen) atoms. The molecule has 0 aromatic heterocycles. The highest BCUT2D eigenvalue weighted by Crippen LogP contribution is 2.55. The molecule has 3 rings (SSSR count). The summed E-state index contributed by atoms with van der Waals surface area (Å²) < 4.78 is 0. The van der Waals surface area contributed by atoms with Gasteiger partial charge in [-0.05, 0) is 75.8 Å². The van der Waals surface area contributed by atoms with Crippen molar-refractivity contribution in [1.29, 1.82) is 0 Å². The SMILES string of the molecule is CCC(CCCCN(C)CC)C1(C2CCCC2)c2ccccc2CN1C. The molecule has 1 heterocycles. The van der Waals surface area contributed by atoms with Gasteiger partial charge in [0.25, 0.3) is 0 Å². The van der Waals surface area contributed by atoms with Crippen LogP contribution in [0.2, 0.25) is 0 Å². The summed E-state index contributed by atoms with van der Waals surface area (Å²) in [6, 6.07) is 9.36. The Morgan fingerprint density at radius 3 is 2.58 bits per heavy atom. The molecule has 0 spiro atoms. The predicted octanol–water partition coefficient (Wildman–Crippen LogP) is 5.67. The van der Waals surface area contributed by atoms with Crippen LogP contribution in [0.15, 0.2) is 24.3 Å². The molecule has 2 heteroatoms. The van der Waals surface area contributed by atoms with Crippen LogP contribution >= 0.6 is 0 Å². The summed E-state index contributed by atoms with van der Waals surface area (Å²) in [4.78, 5) is 5.20. The van der Waals surface area contributed by atoms with E-state index >= 15 is 0 Å². The molecule has 0 saturated heterocycles. The maximum Gasteiger partial charge on any atom is 0.0520 e. The molecule has 2 atom stereocenters. The third-order valence-electron chi connectivity index (χ3n) is 7.46. The van der Waals surface area contributed by atoms with Crippen LogP contribution in [0.3, 0.4) is 0 Å². The summed E-state index contributed by atoms with van der Waals surface area (Å²) in [7, 11) is 4.66. The zero-order valence-corrected chi connectivity index (χ0v) is 17.6. The third-order valence-corrected chi connectivity index (χ3v) is 7.46. The first-order valence-corrected chi connectivity index (χ1v) is 11.1. The van der Waals surface area contributed by atoms with Crippen LogP contribution in [-0.2, 0) is 12.1 Å². The number of hydrogen-bond acceptors (Lipinski definition) is 2. The minimum atomic E-state index is 0.290. The molecule has 0 N–H and O–H groups in total.